The Morgan fingerprint density at radius 2 is 2.07 bits per heavy atom. The second-order valence-corrected chi connectivity index (χ2v) is 3.31. The van der Waals surface area contributed by atoms with Gasteiger partial charge in [-0.2, -0.15) is 0 Å². The Bertz CT molecular complexity index is 320. The van der Waals surface area contributed by atoms with Crippen LogP contribution in [0.15, 0.2) is 12.2 Å². The van der Waals surface area contributed by atoms with Crippen LogP contribution in [0, 0.1) is 11.8 Å². The number of amides is 3. The van der Waals surface area contributed by atoms with E-state index in [9.17, 15) is 9.59 Å². The van der Waals surface area contributed by atoms with Crippen LogP contribution in [0.3, 0.4) is 0 Å². The van der Waals surface area contributed by atoms with Gasteiger partial charge in [-0.1, -0.05) is 12.2 Å². The van der Waals surface area contributed by atoms with Crippen LogP contribution in [0.1, 0.15) is 12.8 Å². The van der Waals surface area contributed by atoms with Gasteiger partial charge < -0.3 is 15.6 Å². The van der Waals surface area contributed by atoms with Crippen LogP contribution in [0.4, 0.5) is 4.79 Å². The molecule has 2 atom stereocenters. The molecule has 0 radical (unpaired) electrons. The van der Waals surface area contributed by atoms with Crippen LogP contribution in [-0.2, 0) is 9.59 Å². The lowest BCUT2D eigenvalue weighted by atomic mass is 9.86. The van der Waals surface area contributed by atoms with Crippen molar-refractivity contribution in [1.29, 1.82) is 0 Å². The Balaban J connectivity index is 0.000000245. The van der Waals surface area contributed by atoms with Crippen LogP contribution in [0.25, 0.3) is 0 Å². The van der Waals surface area contributed by atoms with E-state index in [4.69, 9.17) is 9.90 Å². The van der Waals surface area contributed by atoms with Gasteiger partial charge in [-0.25, -0.2) is 0 Å². The maximum atomic E-state index is 11.1. The third-order valence-electron chi connectivity index (χ3n) is 2.31. The second-order valence-electron chi connectivity index (χ2n) is 3.31. The number of carbonyl (C=O) groups is 3. The zero-order valence-corrected chi connectivity index (χ0v) is 7.93. The summed E-state index contributed by atoms with van der Waals surface area (Å²) in [7, 11) is 0. The first-order valence-electron chi connectivity index (χ1n) is 4.50. The normalized spacial score (nSPS) is 27.5. The fourth-order valence-electron chi connectivity index (χ4n) is 1.69. The van der Waals surface area contributed by atoms with Gasteiger partial charge in [0.05, 0.1) is 11.8 Å². The lowest BCUT2D eigenvalue weighted by molar-refractivity contribution is -0.245. The molecule has 2 rings (SSSR count). The monoisotopic (exact) mass is 211 g/mol. The van der Waals surface area contributed by atoms with E-state index >= 15 is 0 Å². The molecule has 6 nitrogen and oxygen atoms in total. The molecule has 0 aromatic heterocycles. The van der Waals surface area contributed by atoms with Crippen molar-refractivity contribution in [2.75, 3.05) is 0 Å². The van der Waals surface area contributed by atoms with E-state index in [-0.39, 0.29) is 23.7 Å². The lowest BCUT2D eigenvalue weighted by Gasteiger charge is -2.14. The SMILES string of the molecule is NC(=O)[O-].O=C1NC(=O)C2CCC=CC12. The van der Waals surface area contributed by atoms with Gasteiger partial charge in [0.1, 0.15) is 6.09 Å². The summed E-state index contributed by atoms with van der Waals surface area (Å²) in [6.45, 7) is 0. The second kappa shape index (κ2) is 4.59. The summed E-state index contributed by atoms with van der Waals surface area (Å²) in [5, 5.41) is 11.0. The summed E-state index contributed by atoms with van der Waals surface area (Å²) >= 11 is 0. The number of primary amides is 1. The van der Waals surface area contributed by atoms with Crippen LogP contribution in [-0.4, -0.2) is 17.9 Å². The number of nitrogens with one attached hydrogen (secondary N) is 1. The molecule has 2 aliphatic rings. The van der Waals surface area contributed by atoms with Crippen molar-refractivity contribution < 1.29 is 19.5 Å². The molecule has 3 amide bonds. The Morgan fingerprint density at radius 1 is 1.47 bits per heavy atom. The maximum absolute atomic E-state index is 11.1. The first kappa shape index (κ1) is 11.2. The standard InChI is InChI=1S/C8H9NO2.CH3NO2/c10-7-5-3-1-2-4-6(5)8(11)9-7;2-1(3)4/h1,3,5-6H,2,4H2,(H,9,10,11);2H2,(H,3,4)/p-1. The Morgan fingerprint density at radius 3 is 2.60 bits per heavy atom. The average Bonchev–Trinajstić information content (AvgIpc) is 2.43. The van der Waals surface area contributed by atoms with Crippen molar-refractivity contribution in [3.63, 3.8) is 0 Å². The molecule has 3 N–H and O–H groups in total. The molecule has 0 saturated carbocycles. The topological polar surface area (TPSA) is 112 Å². The first-order valence-corrected chi connectivity index (χ1v) is 4.50. The van der Waals surface area contributed by atoms with Crippen LogP contribution < -0.4 is 16.2 Å². The highest BCUT2D eigenvalue weighted by molar-refractivity contribution is 6.06. The fraction of sp³-hybridized carbons (Fsp3) is 0.444. The lowest BCUT2D eigenvalue weighted by Crippen LogP contribution is -2.29. The van der Waals surface area contributed by atoms with Crippen molar-refractivity contribution in [2.24, 2.45) is 17.6 Å². The minimum Gasteiger partial charge on any atom is -0.530 e. The molecule has 6 heteroatoms. The van der Waals surface area contributed by atoms with Gasteiger partial charge in [0.15, 0.2) is 0 Å². The Hall–Kier alpha value is -1.85. The zero-order chi connectivity index (χ0) is 11.4. The van der Waals surface area contributed by atoms with Crippen molar-refractivity contribution in [2.45, 2.75) is 12.8 Å². The van der Waals surface area contributed by atoms with Crippen LogP contribution in [0.5, 0.6) is 0 Å². The van der Waals surface area contributed by atoms with Gasteiger partial charge in [-0.3, -0.25) is 14.9 Å². The molecular formula is C9H11N2O4-. The van der Waals surface area contributed by atoms with Crippen LogP contribution >= 0.6 is 0 Å². The van der Waals surface area contributed by atoms with Gasteiger partial charge in [0, 0.05) is 0 Å². The fourth-order valence-corrected chi connectivity index (χ4v) is 1.69. The number of fused-ring (bicyclic) bond motifs is 1. The van der Waals surface area contributed by atoms with Gasteiger partial charge in [-0.15, -0.1) is 0 Å². The molecule has 15 heavy (non-hydrogen) atoms. The quantitative estimate of drug-likeness (QED) is 0.375. The summed E-state index contributed by atoms with van der Waals surface area (Å²) in [4.78, 5) is 30.8. The predicted molar refractivity (Wildman–Crippen MR) is 48.1 cm³/mol. The van der Waals surface area contributed by atoms with E-state index in [2.05, 4.69) is 11.1 Å². The Labute approximate surface area is 86.1 Å². The summed E-state index contributed by atoms with van der Waals surface area (Å²) < 4.78 is 0. The number of nitrogens with two attached hydrogens (primary N) is 1. The summed E-state index contributed by atoms with van der Waals surface area (Å²) in [6.07, 6.45) is 3.97. The van der Waals surface area contributed by atoms with E-state index in [0.29, 0.717) is 0 Å². The number of carbonyl (C=O) groups excluding carboxylic acids is 3. The maximum Gasteiger partial charge on any atom is 0.234 e. The number of allylic oxidation sites excluding steroid dienone is 1. The molecule has 82 valence electrons. The summed E-state index contributed by atoms with van der Waals surface area (Å²) in [5.74, 6) is -0.468. The number of hydrogen-bond donors (Lipinski definition) is 2. The van der Waals surface area contributed by atoms with E-state index in [1.165, 1.54) is 0 Å². The van der Waals surface area contributed by atoms with Crippen molar-refractivity contribution in [1.82, 2.24) is 5.32 Å². The van der Waals surface area contributed by atoms with E-state index in [1.807, 2.05) is 12.2 Å². The van der Waals surface area contributed by atoms with Gasteiger partial charge >= 0.3 is 0 Å². The number of rotatable bonds is 0. The Kier molecular flexibility index (Phi) is 3.43. The molecule has 0 aromatic carbocycles. The van der Waals surface area contributed by atoms with Gasteiger partial charge in [-0.05, 0) is 12.8 Å². The molecule has 1 heterocycles. The highest BCUT2D eigenvalue weighted by Crippen LogP contribution is 2.28. The molecule has 0 spiro atoms. The van der Waals surface area contributed by atoms with Crippen molar-refractivity contribution >= 4 is 17.9 Å². The molecular weight excluding hydrogens is 200 g/mol. The number of carboxylic acid groups (broad SMARTS) is 1. The van der Waals surface area contributed by atoms with E-state index in [1.54, 1.807) is 0 Å². The highest BCUT2D eigenvalue weighted by Gasteiger charge is 2.40. The molecule has 0 bridgehead atoms. The number of hydrogen-bond acceptors (Lipinski definition) is 4. The third-order valence-corrected chi connectivity index (χ3v) is 2.31. The predicted octanol–water partition coefficient (Wildman–Crippen LogP) is -1.49. The number of imide groups is 1. The molecule has 1 saturated heterocycles. The largest absolute Gasteiger partial charge is 0.530 e. The minimum absolute atomic E-state index is 0.0764. The first-order chi connectivity index (χ1) is 7.02. The van der Waals surface area contributed by atoms with Gasteiger partial charge in [0.2, 0.25) is 11.8 Å². The van der Waals surface area contributed by atoms with Gasteiger partial charge in [0.25, 0.3) is 0 Å². The molecule has 2 unspecified atom stereocenters. The summed E-state index contributed by atoms with van der Waals surface area (Å²) in [5.41, 5.74) is 3.92. The molecule has 0 aromatic rings. The third kappa shape index (κ3) is 2.80. The van der Waals surface area contributed by atoms with Crippen molar-refractivity contribution in [3.8, 4) is 0 Å². The van der Waals surface area contributed by atoms with Crippen molar-refractivity contribution in [3.05, 3.63) is 12.2 Å². The molecule has 1 aliphatic heterocycles. The van der Waals surface area contributed by atoms with E-state index < -0.39 is 6.09 Å². The molecule has 1 fully saturated rings. The average molecular weight is 211 g/mol. The minimum atomic E-state index is -1.58. The van der Waals surface area contributed by atoms with Crippen LogP contribution in [0.2, 0.25) is 0 Å². The molecule has 1 aliphatic carbocycles. The summed E-state index contributed by atoms with van der Waals surface area (Å²) in [6, 6.07) is 0. The highest BCUT2D eigenvalue weighted by atomic mass is 16.4. The zero-order valence-electron chi connectivity index (χ0n) is 7.93. The smallest absolute Gasteiger partial charge is 0.234 e. The van der Waals surface area contributed by atoms with E-state index in [0.717, 1.165) is 12.8 Å².